The number of fused-ring (bicyclic) bond motifs is 2. The zero-order chi connectivity index (χ0) is 16.3. The van der Waals surface area contributed by atoms with Gasteiger partial charge < -0.3 is 9.47 Å². The van der Waals surface area contributed by atoms with Crippen LogP contribution in [0, 0.1) is 5.92 Å². The van der Waals surface area contributed by atoms with E-state index in [0.29, 0.717) is 5.56 Å². The minimum atomic E-state index is -1.53. The van der Waals surface area contributed by atoms with E-state index < -0.39 is 41.2 Å². The van der Waals surface area contributed by atoms with Crippen LogP contribution in [0.4, 0.5) is 0 Å². The number of ketones is 1. The molecule has 3 aliphatic rings. The number of Topliss-reactive ketones (excluding diaryl/α,β-unsaturated/α-hetero) is 1. The summed E-state index contributed by atoms with van der Waals surface area (Å²) in [5.74, 6) is -6.52. The molecule has 0 radical (unpaired) electrons. The maximum atomic E-state index is 12.7. The van der Waals surface area contributed by atoms with Crippen LogP contribution in [0.3, 0.4) is 0 Å². The van der Waals surface area contributed by atoms with Gasteiger partial charge in [0.2, 0.25) is 0 Å². The summed E-state index contributed by atoms with van der Waals surface area (Å²) in [7, 11) is 0. The molecule has 0 saturated carbocycles. The Labute approximate surface area is 128 Å². The number of hydrogen-bond donors (Lipinski definition) is 0. The van der Waals surface area contributed by atoms with Gasteiger partial charge in [-0.1, -0.05) is 30.3 Å². The standard InChI is InChI=1S/C16H6O7/c17-12-7(6-4-2-1-3-5-6)8-9(14(19)22-13(8)18)10-11(12)16(21)23-15(10)20/h1-5,11H. The first-order valence-corrected chi connectivity index (χ1v) is 6.61. The molecule has 0 spiro atoms. The number of hydrogen-bond acceptors (Lipinski definition) is 7. The quantitative estimate of drug-likeness (QED) is 0.535. The van der Waals surface area contributed by atoms with Gasteiger partial charge in [0, 0.05) is 5.57 Å². The van der Waals surface area contributed by atoms with Gasteiger partial charge in [-0.3, -0.25) is 9.59 Å². The van der Waals surface area contributed by atoms with Crippen LogP contribution >= 0.6 is 0 Å². The van der Waals surface area contributed by atoms with Crippen LogP contribution in [0.1, 0.15) is 5.56 Å². The van der Waals surface area contributed by atoms with Gasteiger partial charge in [0.25, 0.3) is 0 Å². The predicted octanol–water partition coefficient (Wildman–Crippen LogP) is 0.102. The largest absolute Gasteiger partial charge is 0.389 e. The topological polar surface area (TPSA) is 104 Å². The second-order valence-corrected chi connectivity index (χ2v) is 5.09. The first kappa shape index (κ1) is 13.3. The molecule has 2 fully saturated rings. The van der Waals surface area contributed by atoms with Gasteiger partial charge in [0.1, 0.15) is 0 Å². The van der Waals surface area contributed by atoms with Crippen LogP contribution in [0.25, 0.3) is 5.57 Å². The van der Waals surface area contributed by atoms with Crippen LogP contribution in [0.2, 0.25) is 0 Å². The Morgan fingerprint density at radius 2 is 1.35 bits per heavy atom. The van der Waals surface area contributed by atoms with Gasteiger partial charge in [0.05, 0.1) is 16.7 Å². The predicted molar refractivity (Wildman–Crippen MR) is 71.1 cm³/mol. The molecular weight excluding hydrogens is 304 g/mol. The van der Waals surface area contributed by atoms with Crippen molar-refractivity contribution < 1.29 is 33.4 Å². The lowest BCUT2D eigenvalue weighted by molar-refractivity contribution is -0.154. The number of carbonyl (C=O) groups is 5. The molecule has 0 bridgehead atoms. The normalized spacial score (nSPS) is 23.1. The van der Waals surface area contributed by atoms with Crippen molar-refractivity contribution in [2.24, 2.45) is 5.92 Å². The van der Waals surface area contributed by atoms with Gasteiger partial charge >= 0.3 is 23.9 Å². The second kappa shape index (κ2) is 4.33. The molecule has 0 aromatic heterocycles. The lowest BCUT2D eigenvalue weighted by Gasteiger charge is -2.17. The Kier molecular flexibility index (Phi) is 2.51. The van der Waals surface area contributed by atoms with Crippen molar-refractivity contribution in [2.45, 2.75) is 0 Å². The molecule has 7 heteroatoms. The molecule has 7 nitrogen and oxygen atoms in total. The number of allylic oxidation sites excluding steroid dienone is 1. The van der Waals surface area contributed by atoms with Gasteiger partial charge in [-0.2, -0.15) is 0 Å². The van der Waals surface area contributed by atoms with E-state index in [-0.39, 0.29) is 16.7 Å². The average Bonchev–Trinajstić information content (AvgIpc) is 2.97. The molecule has 112 valence electrons. The molecule has 1 aromatic carbocycles. The zero-order valence-corrected chi connectivity index (χ0v) is 11.3. The van der Waals surface area contributed by atoms with E-state index in [4.69, 9.17) is 0 Å². The molecule has 1 unspecified atom stereocenters. The summed E-state index contributed by atoms with van der Waals surface area (Å²) in [6, 6.07) is 8.09. The Balaban J connectivity index is 2.09. The third-order valence-electron chi connectivity index (χ3n) is 3.87. The molecule has 0 N–H and O–H groups in total. The van der Waals surface area contributed by atoms with Crippen LogP contribution in [-0.4, -0.2) is 29.7 Å². The SMILES string of the molecule is O=C1OC(=O)C2=C3C(=O)OC(=O)C3C(=O)C(c3ccccc3)=C12. The van der Waals surface area contributed by atoms with E-state index in [1.54, 1.807) is 30.3 Å². The highest BCUT2D eigenvalue weighted by Crippen LogP contribution is 2.44. The maximum absolute atomic E-state index is 12.7. The van der Waals surface area contributed by atoms with E-state index in [0.717, 1.165) is 0 Å². The fourth-order valence-corrected chi connectivity index (χ4v) is 2.95. The Morgan fingerprint density at radius 3 is 2.04 bits per heavy atom. The molecule has 0 amide bonds. The van der Waals surface area contributed by atoms with E-state index in [2.05, 4.69) is 9.47 Å². The summed E-state index contributed by atoms with van der Waals surface area (Å²) < 4.78 is 8.99. The first-order chi connectivity index (χ1) is 11.0. The van der Waals surface area contributed by atoms with Crippen molar-refractivity contribution in [1.29, 1.82) is 0 Å². The molecule has 1 aromatic rings. The molecule has 1 atom stereocenters. The Morgan fingerprint density at radius 1 is 0.696 bits per heavy atom. The molecule has 4 rings (SSSR count). The lowest BCUT2D eigenvalue weighted by atomic mass is 9.77. The monoisotopic (exact) mass is 310 g/mol. The highest BCUT2D eigenvalue weighted by molar-refractivity contribution is 6.42. The minimum Gasteiger partial charge on any atom is -0.389 e. The highest BCUT2D eigenvalue weighted by Gasteiger charge is 2.56. The molecule has 2 saturated heterocycles. The van der Waals surface area contributed by atoms with Crippen molar-refractivity contribution in [2.75, 3.05) is 0 Å². The Hall–Kier alpha value is -3.35. The van der Waals surface area contributed by atoms with Crippen molar-refractivity contribution in [1.82, 2.24) is 0 Å². The number of benzene rings is 1. The van der Waals surface area contributed by atoms with Gasteiger partial charge in [0.15, 0.2) is 11.7 Å². The van der Waals surface area contributed by atoms with E-state index in [1.807, 2.05) is 0 Å². The smallest absolute Gasteiger partial charge is 0.347 e. The lowest BCUT2D eigenvalue weighted by Crippen LogP contribution is -2.28. The van der Waals surface area contributed by atoms with Crippen LogP contribution in [0.5, 0.6) is 0 Å². The maximum Gasteiger partial charge on any atom is 0.347 e. The summed E-state index contributed by atoms with van der Waals surface area (Å²) in [6.07, 6.45) is 0. The van der Waals surface area contributed by atoms with Crippen molar-refractivity contribution >= 4 is 35.2 Å². The van der Waals surface area contributed by atoms with Crippen LogP contribution in [-0.2, 0) is 33.4 Å². The molecule has 23 heavy (non-hydrogen) atoms. The van der Waals surface area contributed by atoms with Gasteiger partial charge in [-0.25, -0.2) is 14.4 Å². The first-order valence-electron chi connectivity index (χ1n) is 6.61. The van der Waals surface area contributed by atoms with Gasteiger partial charge in [-0.05, 0) is 5.56 Å². The van der Waals surface area contributed by atoms with Gasteiger partial charge in [-0.15, -0.1) is 0 Å². The molecule has 2 heterocycles. The fourth-order valence-electron chi connectivity index (χ4n) is 2.95. The number of ether oxygens (including phenoxy) is 2. The third-order valence-corrected chi connectivity index (χ3v) is 3.87. The molecular formula is C16H6O7. The van der Waals surface area contributed by atoms with E-state index in [9.17, 15) is 24.0 Å². The van der Waals surface area contributed by atoms with Crippen molar-refractivity contribution in [3.63, 3.8) is 0 Å². The number of cyclic esters (lactones) is 4. The number of esters is 4. The summed E-state index contributed by atoms with van der Waals surface area (Å²) in [5.41, 5.74) is -0.816. The van der Waals surface area contributed by atoms with Crippen molar-refractivity contribution in [3.8, 4) is 0 Å². The van der Waals surface area contributed by atoms with E-state index >= 15 is 0 Å². The number of rotatable bonds is 1. The highest BCUT2D eigenvalue weighted by atomic mass is 16.6. The Bertz CT molecular complexity index is 902. The van der Waals surface area contributed by atoms with Crippen molar-refractivity contribution in [3.05, 3.63) is 52.6 Å². The zero-order valence-electron chi connectivity index (χ0n) is 11.3. The third kappa shape index (κ3) is 1.61. The number of carbonyl (C=O) groups excluding carboxylic acids is 5. The fraction of sp³-hybridized carbons (Fsp3) is 0.0625. The molecule has 1 aliphatic carbocycles. The minimum absolute atomic E-state index is 0.114. The van der Waals surface area contributed by atoms with Crippen LogP contribution in [0.15, 0.2) is 47.1 Å². The molecule has 2 aliphatic heterocycles. The summed E-state index contributed by atoms with van der Waals surface area (Å²) in [6.45, 7) is 0. The summed E-state index contributed by atoms with van der Waals surface area (Å²) in [4.78, 5) is 60.3. The van der Waals surface area contributed by atoms with Crippen LogP contribution < -0.4 is 0 Å². The summed E-state index contributed by atoms with van der Waals surface area (Å²) in [5, 5.41) is 0. The van der Waals surface area contributed by atoms with E-state index in [1.165, 1.54) is 0 Å². The second-order valence-electron chi connectivity index (χ2n) is 5.09. The summed E-state index contributed by atoms with van der Waals surface area (Å²) >= 11 is 0. The average molecular weight is 310 g/mol.